The van der Waals surface area contributed by atoms with Crippen LogP contribution < -0.4 is 9.47 Å². The smallest absolute Gasteiger partial charge is 0.349 e. The van der Waals surface area contributed by atoms with Gasteiger partial charge in [-0.25, -0.2) is 9.59 Å². The molecule has 0 aromatic heterocycles. The van der Waals surface area contributed by atoms with Crippen LogP contribution in [0.3, 0.4) is 0 Å². The van der Waals surface area contributed by atoms with E-state index in [0.29, 0.717) is 5.56 Å². The Morgan fingerprint density at radius 3 is 2.38 bits per heavy atom. The lowest BCUT2D eigenvalue weighted by molar-refractivity contribution is -0.385. The van der Waals surface area contributed by atoms with Crippen molar-refractivity contribution in [1.82, 2.24) is 0 Å². The molecule has 0 amide bonds. The van der Waals surface area contributed by atoms with Crippen LogP contribution in [-0.4, -0.2) is 30.6 Å². The van der Waals surface area contributed by atoms with Crippen LogP contribution in [0.1, 0.15) is 10.4 Å². The van der Waals surface area contributed by atoms with E-state index in [2.05, 4.69) is 4.74 Å². The maximum atomic E-state index is 11.7. The summed E-state index contributed by atoms with van der Waals surface area (Å²) in [6, 6.07) is 11.4. The van der Waals surface area contributed by atoms with Gasteiger partial charge in [-0.15, -0.1) is 0 Å². The van der Waals surface area contributed by atoms with E-state index in [1.54, 1.807) is 6.07 Å². The van der Waals surface area contributed by atoms with Gasteiger partial charge in [-0.05, 0) is 30.3 Å². The second-order valence-corrected chi connectivity index (χ2v) is 4.50. The molecule has 2 rings (SSSR count). The number of nitro groups is 1. The number of hydrogen-bond acceptors (Lipinski definition) is 7. The molecule has 0 saturated carbocycles. The molecule has 0 heterocycles. The van der Waals surface area contributed by atoms with Gasteiger partial charge in [-0.1, -0.05) is 12.1 Å². The summed E-state index contributed by atoms with van der Waals surface area (Å²) < 4.78 is 14.7. The van der Waals surface area contributed by atoms with Crippen molar-refractivity contribution >= 4 is 17.6 Å². The summed E-state index contributed by atoms with van der Waals surface area (Å²) in [6.07, 6.45) is 0. The predicted octanol–water partition coefficient (Wildman–Crippen LogP) is 2.37. The van der Waals surface area contributed by atoms with E-state index < -0.39 is 23.5 Å². The topological polar surface area (TPSA) is 105 Å². The molecule has 0 unspecified atom stereocenters. The first-order valence-electron chi connectivity index (χ1n) is 6.76. The molecule has 0 aliphatic carbocycles. The second-order valence-electron chi connectivity index (χ2n) is 4.50. The van der Waals surface area contributed by atoms with Gasteiger partial charge >= 0.3 is 17.6 Å². The highest BCUT2D eigenvalue weighted by Crippen LogP contribution is 2.25. The van der Waals surface area contributed by atoms with E-state index in [1.807, 2.05) is 0 Å². The molecular formula is C16H13NO7. The molecule has 0 fully saturated rings. The zero-order valence-corrected chi connectivity index (χ0v) is 12.6. The summed E-state index contributed by atoms with van der Waals surface area (Å²) in [5.41, 5.74) is 0.0705. The van der Waals surface area contributed by atoms with Crippen LogP contribution in [0.5, 0.6) is 11.5 Å². The maximum Gasteiger partial charge on any atom is 0.349 e. The molecule has 2 aromatic rings. The molecule has 24 heavy (non-hydrogen) atoms. The third-order valence-electron chi connectivity index (χ3n) is 2.91. The second kappa shape index (κ2) is 7.73. The van der Waals surface area contributed by atoms with Gasteiger partial charge < -0.3 is 14.2 Å². The fourth-order valence-corrected chi connectivity index (χ4v) is 1.80. The number of hydrogen-bond donors (Lipinski definition) is 0. The Hall–Kier alpha value is -3.42. The summed E-state index contributed by atoms with van der Waals surface area (Å²) in [5.74, 6) is -1.06. The van der Waals surface area contributed by atoms with Crippen molar-refractivity contribution in [1.29, 1.82) is 0 Å². The van der Waals surface area contributed by atoms with Crippen LogP contribution in [-0.2, 0) is 9.53 Å². The van der Waals surface area contributed by atoms with Crippen LogP contribution >= 0.6 is 0 Å². The van der Waals surface area contributed by atoms with E-state index in [0.717, 1.165) is 0 Å². The summed E-state index contributed by atoms with van der Waals surface area (Å²) >= 11 is 0. The van der Waals surface area contributed by atoms with Gasteiger partial charge in [0, 0.05) is 6.07 Å². The number of para-hydroxylation sites is 2. The minimum Gasteiger partial charge on any atom is -0.475 e. The lowest BCUT2D eigenvalue weighted by Gasteiger charge is -2.07. The van der Waals surface area contributed by atoms with Gasteiger partial charge in [0.05, 0.1) is 17.6 Å². The summed E-state index contributed by atoms with van der Waals surface area (Å²) in [5, 5.41) is 10.8. The summed E-state index contributed by atoms with van der Waals surface area (Å²) in [4.78, 5) is 33.3. The van der Waals surface area contributed by atoms with Crippen molar-refractivity contribution < 1.29 is 28.7 Å². The van der Waals surface area contributed by atoms with Gasteiger partial charge in [-0.2, -0.15) is 0 Å². The van der Waals surface area contributed by atoms with E-state index in [9.17, 15) is 19.7 Å². The van der Waals surface area contributed by atoms with E-state index >= 15 is 0 Å². The number of esters is 2. The lowest BCUT2D eigenvalue weighted by Crippen LogP contribution is -2.18. The van der Waals surface area contributed by atoms with Gasteiger partial charge in [0.25, 0.3) is 0 Å². The number of rotatable bonds is 6. The number of carbonyl (C=O) groups excluding carboxylic acids is 2. The van der Waals surface area contributed by atoms with E-state index in [1.165, 1.54) is 49.6 Å². The Balaban J connectivity index is 1.94. The number of ether oxygens (including phenoxy) is 3. The zero-order chi connectivity index (χ0) is 17.5. The average Bonchev–Trinajstić information content (AvgIpc) is 2.60. The lowest BCUT2D eigenvalue weighted by atomic mass is 10.2. The molecule has 0 spiro atoms. The predicted molar refractivity (Wildman–Crippen MR) is 82.0 cm³/mol. The fourth-order valence-electron chi connectivity index (χ4n) is 1.80. The molecule has 0 saturated heterocycles. The SMILES string of the molecule is COC(=O)c1ccc(OC(=O)COc2ccccc2[N+](=O)[O-])cc1. The molecule has 0 atom stereocenters. The number of nitrogens with zero attached hydrogens (tertiary/aromatic N) is 1. The Labute approximate surface area is 136 Å². The number of nitro benzene ring substituents is 1. The largest absolute Gasteiger partial charge is 0.475 e. The highest BCUT2D eigenvalue weighted by atomic mass is 16.6. The highest BCUT2D eigenvalue weighted by Gasteiger charge is 2.15. The third kappa shape index (κ3) is 4.29. The normalized spacial score (nSPS) is 9.88. The van der Waals surface area contributed by atoms with Crippen LogP contribution in [0.25, 0.3) is 0 Å². The van der Waals surface area contributed by atoms with Crippen molar-refractivity contribution in [3.05, 3.63) is 64.2 Å². The molecule has 0 N–H and O–H groups in total. The number of methoxy groups -OCH3 is 1. The summed E-state index contributed by atoms with van der Waals surface area (Å²) in [7, 11) is 1.26. The molecule has 0 bridgehead atoms. The van der Waals surface area contributed by atoms with Crippen molar-refractivity contribution in [2.24, 2.45) is 0 Å². The first-order chi connectivity index (χ1) is 11.5. The van der Waals surface area contributed by atoms with Crippen molar-refractivity contribution in [3.8, 4) is 11.5 Å². The van der Waals surface area contributed by atoms with E-state index in [-0.39, 0.29) is 17.2 Å². The molecule has 0 radical (unpaired) electrons. The molecule has 8 heteroatoms. The molecule has 124 valence electrons. The van der Waals surface area contributed by atoms with Crippen LogP contribution in [0.2, 0.25) is 0 Å². The van der Waals surface area contributed by atoms with Gasteiger partial charge in [0.2, 0.25) is 0 Å². The van der Waals surface area contributed by atoms with Crippen LogP contribution in [0.15, 0.2) is 48.5 Å². The first-order valence-corrected chi connectivity index (χ1v) is 6.76. The van der Waals surface area contributed by atoms with Crippen molar-refractivity contribution in [2.45, 2.75) is 0 Å². The molecule has 0 aliphatic heterocycles. The molecule has 2 aromatic carbocycles. The highest BCUT2D eigenvalue weighted by molar-refractivity contribution is 5.89. The van der Waals surface area contributed by atoms with Crippen molar-refractivity contribution in [2.75, 3.05) is 13.7 Å². The van der Waals surface area contributed by atoms with Gasteiger partial charge in [0.15, 0.2) is 12.4 Å². The average molecular weight is 331 g/mol. The Kier molecular flexibility index (Phi) is 5.45. The molecule has 0 aliphatic rings. The minimum atomic E-state index is -0.737. The van der Waals surface area contributed by atoms with Crippen LogP contribution in [0.4, 0.5) is 5.69 Å². The van der Waals surface area contributed by atoms with Crippen molar-refractivity contribution in [3.63, 3.8) is 0 Å². The van der Waals surface area contributed by atoms with Gasteiger partial charge in [-0.3, -0.25) is 10.1 Å². The first kappa shape index (κ1) is 16.9. The number of benzene rings is 2. The summed E-state index contributed by atoms with van der Waals surface area (Å²) in [6.45, 7) is -0.496. The minimum absolute atomic E-state index is 0.0273. The van der Waals surface area contributed by atoms with Crippen LogP contribution in [0, 0.1) is 10.1 Å². The van der Waals surface area contributed by atoms with E-state index in [4.69, 9.17) is 9.47 Å². The maximum absolute atomic E-state index is 11.7. The third-order valence-corrected chi connectivity index (χ3v) is 2.91. The quantitative estimate of drug-likeness (QED) is 0.346. The molecular weight excluding hydrogens is 318 g/mol. The molecule has 8 nitrogen and oxygen atoms in total. The monoisotopic (exact) mass is 331 g/mol. The standard InChI is InChI=1S/C16H13NO7/c1-22-16(19)11-6-8-12(9-7-11)24-15(18)10-23-14-5-3-2-4-13(14)17(20)21/h2-9H,10H2,1H3. The Morgan fingerprint density at radius 1 is 1.08 bits per heavy atom. The Morgan fingerprint density at radius 2 is 1.75 bits per heavy atom. The van der Waals surface area contributed by atoms with Gasteiger partial charge in [0.1, 0.15) is 5.75 Å². The fraction of sp³-hybridized carbons (Fsp3) is 0.125. The Bertz CT molecular complexity index is 755. The zero-order valence-electron chi connectivity index (χ0n) is 12.6. The number of carbonyl (C=O) groups is 2.